The molecule has 3 aliphatic rings. The molecule has 1 atom stereocenters. The zero-order valence-corrected chi connectivity index (χ0v) is 39.7. The number of aromatic nitrogens is 3. The quantitative estimate of drug-likeness (QED) is 0.165. The van der Waals surface area contributed by atoms with Gasteiger partial charge in [0.05, 0.1) is 11.5 Å². The van der Waals surface area contributed by atoms with E-state index < -0.39 is 5.41 Å². The third-order valence-electron chi connectivity index (χ3n) is 14.9. The molecular formula is C67H50N4. The summed E-state index contributed by atoms with van der Waals surface area (Å²) in [4.78, 5) is 16.1. The zero-order valence-electron chi connectivity index (χ0n) is 39.7. The molecule has 338 valence electrons. The van der Waals surface area contributed by atoms with Crippen LogP contribution >= 0.6 is 0 Å². The number of hydrogen-bond acceptors (Lipinski definition) is 4. The molecule has 1 aliphatic heterocycles. The lowest BCUT2D eigenvalue weighted by atomic mass is 9.58. The highest BCUT2D eigenvalue weighted by Crippen LogP contribution is 2.63. The van der Waals surface area contributed by atoms with Crippen LogP contribution < -0.4 is 5.32 Å². The number of benzene rings is 9. The molecule has 0 fully saturated rings. The minimum Gasteiger partial charge on any atom is -0.374 e. The Bertz CT molecular complexity index is 3640. The summed E-state index contributed by atoms with van der Waals surface area (Å²) < 4.78 is 0. The first kappa shape index (κ1) is 42.4. The van der Waals surface area contributed by atoms with Crippen molar-refractivity contribution in [2.45, 2.75) is 31.2 Å². The van der Waals surface area contributed by atoms with E-state index in [1.807, 2.05) is 18.2 Å². The fourth-order valence-corrected chi connectivity index (χ4v) is 11.8. The molecule has 9 aromatic carbocycles. The van der Waals surface area contributed by atoms with E-state index in [1.54, 1.807) is 0 Å². The third-order valence-corrected chi connectivity index (χ3v) is 14.9. The van der Waals surface area contributed by atoms with Gasteiger partial charge in [-0.05, 0) is 102 Å². The van der Waals surface area contributed by atoms with Gasteiger partial charge >= 0.3 is 0 Å². The Hall–Kier alpha value is -8.73. The summed E-state index contributed by atoms with van der Waals surface area (Å²) in [7, 11) is 0. The first-order valence-electron chi connectivity index (χ1n) is 24.8. The summed E-state index contributed by atoms with van der Waals surface area (Å²) in [5.74, 6) is 2.54. The van der Waals surface area contributed by atoms with Crippen molar-refractivity contribution in [3.05, 3.63) is 293 Å². The highest BCUT2D eigenvalue weighted by atomic mass is 15.0. The molecule has 4 heteroatoms. The smallest absolute Gasteiger partial charge is 0.164 e. The number of fused-ring (bicyclic) bond motifs is 9. The molecule has 0 bridgehead atoms. The van der Waals surface area contributed by atoms with E-state index in [4.69, 9.17) is 15.0 Å². The Morgan fingerprint density at radius 3 is 1.54 bits per heavy atom. The van der Waals surface area contributed by atoms with Crippen molar-refractivity contribution in [2.75, 3.05) is 0 Å². The van der Waals surface area contributed by atoms with E-state index in [2.05, 4.69) is 244 Å². The molecule has 0 saturated heterocycles. The molecule has 10 aromatic rings. The minimum absolute atomic E-state index is 0.0271. The van der Waals surface area contributed by atoms with Crippen LogP contribution in [0.3, 0.4) is 0 Å². The van der Waals surface area contributed by atoms with Crippen molar-refractivity contribution in [1.82, 2.24) is 20.3 Å². The molecule has 1 spiro atoms. The van der Waals surface area contributed by atoms with Crippen molar-refractivity contribution in [1.29, 1.82) is 0 Å². The van der Waals surface area contributed by atoms with E-state index in [9.17, 15) is 0 Å². The van der Waals surface area contributed by atoms with E-state index >= 15 is 0 Å². The lowest BCUT2D eigenvalue weighted by molar-refractivity contribution is 0.527. The second kappa shape index (κ2) is 17.3. The van der Waals surface area contributed by atoms with Crippen LogP contribution in [-0.2, 0) is 5.41 Å². The maximum Gasteiger partial charge on any atom is 0.164 e. The van der Waals surface area contributed by atoms with Crippen molar-refractivity contribution in [2.24, 2.45) is 5.92 Å². The number of dihydropyridines is 1. The number of hydrogen-bond donors (Lipinski definition) is 1. The van der Waals surface area contributed by atoms with Gasteiger partial charge in [0, 0.05) is 28.3 Å². The summed E-state index contributed by atoms with van der Waals surface area (Å²) in [6.07, 6.45) is 4.70. The van der Waals surface area contributed by atoms with Crippen LogP contribution in [0, 0.1) is 5.92 Å². The molecule has 71 heavy (non-hydrogen) atoms. The van der Waals surface area contributed by atoms with E-state index in [-0.39, 0.29) is 12.0 Å². The predicted molar refractivity (Wildman–Crippen MR) is 290 cm³/mol. The lowest BCUT2D eigenvalue weighted by Crippen LogP contribution is -2.36. The van der Waals surface area contributed by atoms with Gasteiger partial charge in [0.2, 0.25) is 0 Å². The van der Waals surface area contributed by atoms with Crippen molar-refractivity contribution >= 4 is 11.3 Å². The van der Waals surface area contributed by atoms with Gasteiger partial charge in [-0.15, -0.1) is 0 Å². The Morgan fingerprint density at radius 1 is 0.408 bits per heavy atom. The summed E-state index contributed by atoms with van der Waals surface area (Å²) in [5.41, 5.74) is 20.6. The molecule has 1 unspecified atom stereocenters. The largest absolute Gasteiger partial charge is 0.374 e. The first-order chi connectivity index (χ1) is 35.0. The summed E-state index contributed by atoms with van der Waals surface area (Å²) in [6.45, 7) is 4.73. The number of nitrogens with one attached hydrogen (secondary N) is 1. The monoisotopic (exact) mass is 910 g/mol. The Kier molecular flexibility index (Phi) is 10.4. The summed E-state index contributed by atoms with van der Waals surface area (Å²) >= 11 is 0. The predicted octanol–water partition coefficient (Wildman–Crippen LogP) is 15.8. The normalized spacial score (nSPS) is 17.3. The second-order valence-electron chi connectivity index (χ2n) is 19.3. The summed E-state index contributed by atoms with van der Waals surface area (Å²) in [5, 5.41) is 3.88. The van der Waals surface area contributed by atoms with Gasteiger partial charge < -0.3 is 5.32 Å². The zero-order chi connectivity index (χ0) is 47.5. The molecular weight excluding hydrogens is 861 g/mol. The topological polar surface area (TPSA) is 50.7 Å². The number of allylic oxidation sites excluding steroid dienone is 2. The first-order valence-corrected chi connectivity index (χ1v) is 24.8. The average molecular weight is 911 g/mol. The van der Waals surface area contributed by atoms with E-state index in [0.29, 0.717) is 23.4 Å². The van der Waals surface area contributed by atoms with Crippen LogP contribution in [0.4, 0.5) is 0 Å². The van der Waals surface area contributed by atoms with Crippen molar-refractivity contribution in [3.8, 4) is 56.4 Å². The van der Waals surface area contributed by atoms with Crippen molar-refractivity contribution < 1.29 is 0 Å². The maximum atomic E-state index is 5.46. The highest BCUT2D eigenvalue weighted by Gasteiger charge is 2.52. The van der Waals surface area contributed by atoms with Crippen LogP contribution in [-0.4, -0.2) is 15.0 Å². The molecule has 1 N–H and O–H groups in total. The second-order valence-corrected chi connectivity index (χ2v) is 19.3. The summed E-state index contributed by atoms with van der Waals surface area (Å²) in [6, 6.07) is 83.3. The van der Waals surface area contributed by atoms with Gasteiger partial charge in [0.1, 0.15) is 0 Å². The molecule has 4 nitrogen and oxygen atoms in total. The van der Waals surface area contributed by atoms with Crippen LogP contribution in [0.1, 0.15) is 75.9 Å². The average Bonchev–Trinajstić information content (AvgIpc) is 3.74. The molecule has 0 amide bonds. The van der Waals surface area contributed by atoms with Crippen LogP contribution in [0.15, 0.2) is 243 Å². The third kappa shape index (κ3) is 7.09. The van der Waals surface area contributed by atoms with Gasteiger partial charge in [-0.3, -0.25) is 0 Å². The van der Waals surface area contributed by atoms with Gasteiger partial charge in [0.25, 0.3) is 0 Å². The molecule has 0 radical (unpaired) electrons. The number of rotatable bonds is 8. The highest BCUT2D eigenvalue weighted by molar-refractivity contribution is 5.98. The van der Waals surface area contributed by atoms with Gasteiger partial charge in [-0.2, -0.15) is 0 Å². The Labute approximate surface area is 415 Å². The minimum atomic E-state index is -0.608. The lowest BCUT2D eigenvalue weighted by Gasteiger charge is -2.44. The van der Waals surface area contributed by atoms with Crippen LogP contribution in [0.25, 0.3) is 67.7 Å². The Balaban J connectivity index is 1.07. The fraction of sp³-hybridized carbons (Fsp3) is 0.0896. The SMILES string of the molecule is CC(C)C1c2ccccc2C2(c3ccc(C4=CC(c5ccccc5)NC(c5ccccc5)=C4)cc3-c3c(-c4nc(-c5ccccc5)nc(-c5ccc(-c6ccccc6)cc5)n4)cccc32)c2ccccc21. The van der Waals surface area contributed by atoms with Crippen molar-refractivity contribution in [3.63, 3.8) is 0 Å². The van der Waals surface area contributed by atoms with Crippen LogP contribution in [0.2, 0.25) is 0 Å². The number of nitrogens with zero attached hydrogens (tertiary/aromatic N) is 3. The van der Waals surface area contributed by atoms with E-state index in [0.717, 1.165) is 50.2 Å². The van der Waals surface area contributed by atoms with Gasteiger partial charge in [-0.25, -0.2) is 15.0 Å². The Morgan fingerprint density at radius 2 is 0.901 bits per heavy atom. The maximum absolute atomic E-state index is 5.46. The molecule has 0 saturated carbocycles. The molecule has 2 heterocycles. The molecule has 13 rings (SSSR count). The van der Waals surface area contributed by atoms with Gasteiger partial charge in [-0.1, -0.05) is 238 Å². The standard InChI is InChI=1S/C67H50N4/c1-43(2)62-52-28-15-17-31-56(52)67(57-32-18-16-29-53(57)62)58-39-38-50(51-41-60(46-22-9-4-10-23-46)68-61(42-51)47-24-11-5-12-25-47)40-55(58)63-54(30-19-33-59(63)67)66-70-64(48-26-13-6-14-27-48)69-65(71-66)49-36-34-45(35-37-49)44-20-7-3-8-21-44/h3-43,60,62,68H,1-2H3. The molecule has 1 aromatic heterocycles. The fourth-order valence-electron chi connectivity index (χ4n) is 11.8. The van der Waals surface area contributed by atoms with Gasteiger partial charge in [0.15, 0.2) is 17.5 Å². The van der Waals surface area contributed by atoms with Crippen LogP contribution in [0.5, 0.6) is 0 Å². The van der Waals surface area contributed by atoms with E-state index in [1.165, 1.54) is 50.1 Å². The molecule has 2 aliphatic carbocycles.